The molecule has 0 bridgehead atoms. The number of rotatable bonds is 7. The minimum atomic E-state index is -3.83. The second kappa shape index (κ2) is 7.67. The Bertz CT molecular complexity index is 576. The quantitative estimate of drug-likeness (QED) is 0.729. The topological polar surface area (TPSA) is 40.6 Å². The van der Waals surface area contributed by atoms with E-state index >= 15 is 0 Å². The second-order valence-electron chi connectivity index (χ2n) is 5.63. The van der Waals surface area contributed by atoms with Crippen LogP contribution in [0.4, 0.5) is 4.39 Å². The average Bonchev–Trinajstić information content (AvgIpc) is 2.33. The SMILES string of the molecule is CC(C)CN(CCN(C)C)S(=O)(=O)c1ccc(Br)cc1F. The van der Waals surface area contributed by atoms with E-state index in [0.29, 0.717) is 24.1 Å². The molecule has 1 aromatic rings. The van der Waals surface area contributed by atoms with E-state index in [4.69, 9.17) is 0 Å². The van der Waals surface area contributed by atoms with Gasteiger partial charge in [0.2, 0.25) is 10.0 Å². The van der Waals surface area contributed by atoms with Crippen molar-refractivity contribution in [1.29, 1.82) is 0 Å². The van der Waals surface area contributed by atoms with Gasteiger partial charge in [0.1, 0.15) is 10.7 Å². The van der Waals surface area contributed by atoms with Crippen LogP contribution < -0.4 is 0 Å². The summed E-state index contributed by atoms with van der Waals surface area (Å²) in [5, 5.41) is 0. The molecule has 4 nitrogen and oxygen atoms in total. The maximum atomic E-state index is 14.0. The van der Waals surface area contributed by atoms with Gasteiger partial charge < -0.3 is 4.90 Å². The molecule has 7 heteroatoms. The van der Waals surface area contributed by atoms with Gasteiger partial charge in [0.25, 0.3) is 0 Å². The van der Waals surface area contributed by atoms with E-state index in [9.17, 15) is 12.8 Å². The largest absolute Gasteiger partial charge is 0.308 e. The zero-order valence-corrected chi connectivity index (χ0v) is 15.2. The Morgan fingerprint density at radius 1 is 1.24 bits per heavy atom. The van der Waals surface area contributed by atoms with Crippen LogP contribution in [0.5, 0.6) is 0 Å². The van der Waals surface area contributed by atoms with Gasteiger partial charge in [-0.15, -0.1) is 0 Å². The first-order valence-corrected chi connectivity index (χ1v) is 8.98. The van der Waals surface area contributed by atoms with Gasteiger partial charge in [0.05, 0.1) is 0 Å². The Balaban J connectivity index is 3.13. The van der Waals surface area contributed by atoms with Crippen molar-refractivity contribution >= 4 is 26.0 Å². The molecule has 0 atom stereocenters. The first-order valence-electron chi connectivity index (χ1n) is 6.74. The van der Waals surface area contributed by atoms with Crippen LogP contribution in [0, 0.1) is 11.7 Å². The molecule has 0 aliphatic heterocycles. The van der Waals surface area contributed by atoms with E-state index in [1.54, 1.807) is 0 Å². The number of halogens is 2. The highest BCUT2D eigenvalue weighted by atomic mass is 79.9. The maximum absolute atomic E-state index is 14.0. The Hall–Kier alpha value is -0.500. The summed E-state index contributed by atoms with van der Waals surface area (Å²) in [5.74, 6) is -0.566. The van der Waals surface area contributed by atoms with Crippen LogP contribution in [0.2, 0.25) is 0 Å². The van der Waals surface area contributed by atoms with E-state index < -0.39 is 15.8 Å². The zero-order valence-electron chi connectivity index (χ0n) is 12.8. The van der Waals surface area contributed by atoms with Gasteiger partial charge in [-0.25, -0.2) is 12.8 Å². The molecule has 0 saturated heterocycles. The molecule has 0 radical (unpaired) electrons. The van der Waals surface area contributed by atoms with Crippen LogP contribution in [0.1, 0.15) is 13.8 Å². The summed E-state index contributed by atoms with van der Waals surface area (Å²) in [6.07, 6.45) is 0. The molecule has 0 amide bonds. The lowest BCUT2D eigenvalue weighted by molar-refractivity contribution is 0.312. The predicted molar refractivity (Wildman–Crippen MR) is 86.3 cm³/mol. The van der Waals surface area contributed by atoms with Crippen LogP contribution >= 0.6 is 15.9 Å². The van der Waals surface area contributed by atoms with E-state index in [1.807, 2.05) is 32.8 Å². The normalized spacial score (nSPS) is 12.6. The molecule has 0 fully saturated rings. The monoisotopic (exact) mass is 380 g/mol. The molecule has 0 saturated carbocycles. The van der Waals surface area contributed by atoms with Crippen molar-refractivity contribution in [3.8, 4) is 0 Å². The number of hydrogen-bond donors (Lipinski definition) is 0. The first kappa shape index (κ1) is 18.5. The minimum Gasteiger partial charge on any atom is -0.308 e. The van der Waals surface area contributed by atoms with E-state index in [0.717, 1.165) is 0 Å². The van der Waals surface area contributed by atoms with Crippen molar-refractivity contribution in [1.82, 2.24) is 9.21 Å². The molecule has 0 N–H and O–H groups in total. The summed E-state index contributed by atoms with van der Waals surface area (Å²) >= 11 is 3.14. The van der Waals surface area contributed by atoms with Crippen LogP contribution in [-0.2, 0) is 10.0 Å². The number of benzene rings is 1. The van der Waals surface area contributed by atoms with Crippen molar-refractivity contribution < 1.29 is 12.8 Å². The summed E-state index contributed by atoms with van der Waals surface area (Å²) < 4.78 is 41.2. The van der Waals surface area contributed by atoms with Gasteiger partial charge in [0.15, 0.2) is 0 Å². The van der Waals surface area contributed by atoms with Crippen molar-refractivity contribution in [2.24, 2.45) is 5.92 Å². The van der Waals surface area contributed by atoms with Crippen LogP contribution in [0.15, 0.2) is 27.6 Å². The fourth-order valence-electron chi connectivity index (χ4n) is 1.85. The lowest BCUT2D eigenvalue weighted by Gasteiger charge is -2.25. The summed E-state index contributed by atoms with van der Waals surface area (Å²) in [5.41, 5.74) is 0. The van der Waals surface area contributed by atoms with Crippen molar-refractivity contribution in [3.63, 3.8) is 0 Å². The Morgan fingerprint density at radius 3 is 2.33 bits per heavy atom. The summed E-state index contributed by atoms with van der Waals surface area (Å²) in [7, 11) is -0.0776. The summed E-state index contributed by atoms with van der Waals surface area (Å²) in [6.45, 7) is 5.17. The molecule has 21 heavy (non-hydrogen) atoms. The summed E-state index contributed by atoms with van der Waals surface area (Å²) in [4.78, 5) is 1.63. The van der Waals surface area contributed by atoms with E-state index in [2.05, 4.69) is 15.9 Å². The molecule has 0 aliphatic rings. The third kappa shape index (κ3) is 5.32. The summed E-state index contributed by atoms with van der Waals surface area (Å²) in [6, 6.07) is 4.01. The molecule has 0 aromatic heterocycles. The van der Waals surface area contributed by atoms with Crippen LogP contribution in [0.3, 0.4) is 0 Å². The number of likely N-dealkylation sites (N-methyl/N-ethyl adjacent to an activating group) is 1. The highest BCUT2D eigenvalue weighted by Crippen LogP contribution is 2.23. The lowest BCUT2D eigenvalue weighted by Crippen LogP contribution is -2.39. The molecule has 0 spiro atoms. The van der Waals surface area contributed by atoms with Gasteiger partial charge in [-0.1, -0.05) is 29.8 Å². The van der Waals surface area contributed by atoms with Crippen molar-refractivity contribution in [2.75, 3.05) is 33.7 Å². The molecule has 1 aromatic carbocycles. The molecule has 0 aliphatic carbocycles. The number of nitrogens with zero attached hydrogens (tertiary/aromatic N) is 2. The third-order valence-corrected chi connectivity index (χ3v) is 5.27. The average molecular weight is 381 g/mol. The Kier molecular flexibility index (Phi) is 6.77. The number of hydrogen-bond acceptors (Lipinski definition) is 3. The zero-order chi connectivity index (χ0) is 16.2. The number of sulfonamides is 1. The highest BCUT2D eigenvalue weighted by molar-refractivity contribution is 9.10. The van der Waals surface area contributed by atoms with Gasteiger partial charge in [0, 0.05) is 24.1 Å². The standard InChI is InChI=1S/C14H22BrFN2O2S/c1-11(2)10-18(8-7-17(3)4)21(19,20)14-6-5-12(15)9-13(14)16/h5-6,9,11H,7-8,10H2,1-4H3. The van der Waals surface area contributed by atoms with E-state index in [-0.39, 0.29) is 10.8 Å². The third-order valence-electron chi connectivity index (χ3n) is 2.88. The van der Waals surface area contributed by atoms with Crippen molar-refractivity contribution in [2.45, 2.75) is 18.7 Å². The molecule has 0 heterocycles. The maximum Gasteiger partial charge on any atom is 0.246 e. The van der Waals surface area contributed by atoms with Gasteiger partial charge in [-0.3, -0.25) is 0 Å². The fraction of sp³-hybridized carbons (Fsp3) is 0.571. The molecular weight excluding hydrogens is 359 g/mol. The van der Waals surface area contributed by atoms with Crippen LogP contribution in [0.25, 0.3) is 0 Å². The van der Waals surface area contributed by atoms with Crippen molar-refractivity contribution in [3.05, 3.63) is 28.5 Å². The van der Waals surface area contributed by atoms with Gasteiger partial charge >= 0.3 is 0 Å². The molecule has 0 unspecified atom stereocenters. The lowest BCUT2D eigenvalue weighted by atomic mass is 10.2. The first-order chi connectivity index (χ1) is 9.64. The minimum absolute atomic E-state index is 0.167. The Labute approximate surface area is 135 Å². The van der Waals surface area contributed by atoms with Gasteiger partial charge in [-0.2, -0.15) is 4.31 Å². The fourth-order valence-corrected chi connectivity index (χ4v) is 3.82. The Morgan fingerprint density at radius 2 is 1.86 bits per heavy atom. The predicted octanol–water partition coefficient (Wildman–Crippen LogP) is 2.80. The molecular formula is C14H22BrFN2O2S. The van der Waals surface area contributed by atoms with Gasteiger partial charge in [-0.05, 0) is 38.2 Å². The van der Waals surface area contributed by atoms with Crippen LogP contribution in [-0.4, -0.2) is 51.4 Å². The van der Waals surface area contributed by atoms with E-state index in [1.165, 1.54) is 22.5 Å². The second-order valence-corrected chi connectivity index (χ2v) is 8.46. The highest BCUT2D eigenvalue weighted by Gasteiger charge is 2.27. The molecule has 1 rings (SSSR count). The smallest absolute Gasteiger partial charge is 0.246 e. The molecule has 120 valence electrons.